The Kier molecular flexibility index (Phi) is 6.40. The lowest BCUT2D eigenvalue weighted by atomic mass is 10.1. The Morgan fingerprint density at radius 3 is 2.61 bits per heavy atom. The van der Waals surface area contributed by atoms with Crippen LogP contribution < -0.4 is 10.6 Å². The molecule has 1 heterocycles. The Morgan fingerprint density at radius 1 is 1.17 bits per heavy atom. The molecule has 126 valence electrons. The van der Waals surface area contributed by atoms with Gasteiger partial charge in [0.2, 0.25) is 5.91 Å². The molecule has 0 unspecified atom stereocenters. The molecule has 1 aromatic carbocycles. The van der Waals surface area contributed by atoms with Gasteiger partial charge in [-0.3, -0.25) is 9.69 Å². The Balaban J connectivity index is 1.87. The molecular formula is C17H26N4O2. The number of carbonyl (C=O) groups is 2. The van der Waals surface area contributed by atoms with E-state index < -0.39 is 0 Å². The van der Waals surface area contributed by atoms with Crippen molar-refractivity contribution in [1.82, 2.24) is 20.4 Å². The lowest BCUT2D eigenvalue weighted by Crippen LogP contribution is -2.44. The molecule has 0 spiro atoms. The number of benzene rings is 1. The van der Waals surface area contributed by atoms with Gasteiger partial charge >= 0.3 is 6.03 Å². The molecule has 1 aliphatic heterocycles. The van der Waals surface area contributed by atoms with Crippen molar-refractivity contribution in [3.05, 3.63) is 35.9 Å². The van der Waals surface area contributed by atoms with E-state index in [4.69, 9.17) is 0 Å². The second-order valence-corrected chi connectivity index (χ2v) is 5.91. The van der Waals surface area contributed by atoms with Gasteiger partial charge in [-0.1, -0.05) is 30.3 Å². The summed E-state index contributed by atoms with van der Waals surface area (Å²) in [5, 5.41) is 5.01. The quantitative estimate of drug-likeness (QED) is 0.872. The van der Waals surface area contributed by atoms with Crippen LogP contribution in [0, 0.1) is 0 Å². The number of urea groups is 1. The molecule has 6 nitrogen and oxygen atoms in total. The van der Waals surface area contributed by atoms with Gasteiger partial charge in [-0.15, -0.1) is 0 Å². The second-order valence-electron chi connectivity index (χ2n) is 5.91. The zero-order valence-corrected chi connectivity index (χ0v) is 13.9. The lowest BCUT2D eigenvalue weighted by molar-refractivity contribution is -0.129. The van der Waals surface area contributed by atoms with Gasteiger partial charge in [-0.05, 0) is 18.9 Å². The van der Waals surface area contributed by atoms with Crippen LogP contribution >= 0.6 is 0 Å². The van der Waals surface area contributed by atoms with Crippen LogP contribution in [0.2, 0.25) is 0 Å². The van der Waals surface area contributed by atoms with Crippen molar-refractivity contribution in [2.24, 2.45) is 0 Å². The van der Waals surface area contributed by atoms with E-state index in [0.29, 0.717) is 12.6 Å². The minimum Gasteiger partial charge on any atom is -0.341 e. The number of carbonyl (C=O) groups excluding carboxylic acids is 2. The highest BCUT2D eigenvalue weighted by molar-refractivity contribution is 5.83. The highest BCUT2D eigenvalue weighted by atomic mass is 16.2. The molecule has 0 aromatic heterocycles. The third kappa shape index (κ3) is 5.25. The van der Waals surface area contributed by atoms with Gasteiger partial charge in [0.05, 0.1) is 6.54 Å². The molecule has 0 saturated carbocycles. The van der Waals surface area contributed by atoms with Crippen LogP contribution in [0.25, 0.3) is 0 Å². The van der Waals surface area contributed by atoms with Crippen molar-refractivity contribution in [2.45, 2.75) is 25.9 Å². The van der Waals surface area contributed by atoms with Gasteiger partial charge in [-0.2, -0.15) is 0 Å². The van der Waals surface area contributed by atoms with E-state index >= 15 is 0 Å². The molecule has 1 saturated heterocycles. The molecular weight excluding hydrogens is 292 g/mol. The first-order valence-corrected chi connectivity index (χ1v) is 8.11. The number of nitrogens with one attached hydrogen (secondary N) is 2. The highest BCUT2D eigenvalue weighted by Crippen LogP contribution is 2.14. The monoisotopic (exact) mass is 318 g/mol. The van der Waals surface area contributed by atoms with Crippen LogP contribution in [0.4, 0.5) is 4.79 Å². The van der Waals surface area contributed by atoms with Gasteiger partial charge in [0.15, 0.2) is 0 Å². The van der Waals surface area contributed by atoms with Crippen molar-refractivity contribution >= 4 is 11.9 Å². The Hall–Kier alpha value is -2.08. The summed E-state index contributed by atoms with van der Waals surface area (Å²) >= 11 is 0. The standard InChI is InChI=1S/C17H26N4O2/c1-14-8-9-20(16(22)12-19-17(23)18-2)10-11-21(14)13-15-6-4-3-5-7-15/h3-7,14H,8-13H2,1-2H3,(H2,18,19,23)/t14-/m0/s1. The molecule has 6 heteroatoms. The van der Waals surface area contributed by atoms with Crippen molar-refractivity contribution in [2.75, 3.05) is 33.2 Å². The van der Waals surface area contributed by atoms with Crippen LogP contribution in [-0.2, 0) is 11.3 Å². The smallest absolute Gasteiger partial charge is 0.314 e. The van der Waals surface area contributed by atoms with Gasteiger partial charge in [-0.25, -0.2) is 4.79 Å². The topological polar surface area (TPSA) is 64.7 Å². The van der Waals surface area contributed by atoms with Gasteiger partial charge in [0, 0.05) is 39.3 Å². The average Bonchev–Trinajstić information content (AvgIpc) is 2.76. The van der Waals surface area contributed by atoms with Crippen LogP contribution in [-0.4, -0.2) is 61.0 Å². The molecule has 1 fully saturated rings. The minimum atomic E-state index is -0.327. The fourth-order valence-electron chi connectivity index (χ4n) is 2.76. The number of nitrogens with zero attached hydrogens (tertiary/aromatic N) is 2. The molecule has 1 atom stereocenters. The fourth-order valence-corrected chi connectivity index (χ4v) is 2.76. The predicted molar refractivity (Wildman–Crippen MR) is 90.0 cm³/mol. The zero-order chi connectivity index (χ0) is 16.7. The minimum absolute atomic E-state index is 0.0256. The first-order chi connectivity index (χ1) is 11.1. The van der Waals surface area contributed by atoms with Crippen LogP contribution in [0.15, 0.2) is 30.3 Å². The number of hydrogen-bond donors (Lipinski definition) is 2. The van der Waals surface area contributed by atoms with Crippen molar-refractivity contribution in [3.8, 4) is 0 Å². The van der Waals surface area contributed by atoms with Crippen LogP contribution in [0.5, 0.6) is 0 Å². The maximum Gasteiger partial charge on any atom is 0.314 e. The van der Waals surface area contributed by atoms with E-state index in [1.165, 1.54) is 12.6 Å². The van der Waals surface area contributed by atoms with Crippen LogP contribution in [0.1, 0.15) is 18.9 Å². The molecule has 0 aliphatic carbocycles. The molecule has 3 amide bonds. The van der Waals surface area contributed by atoms with Crippen LogP contribution in [0.3, 0.4) is 0 Å². The molecule has 2 rings (SSSR count). The van der Waals surface area contributed by atoms with E-state index in [1.54, 1.807) is 0 Å². The normalized spacial score (nSPS) is 19.0. The SMILES string of the molecule is CNC(=O)NCC(=O)N1CC[C@H](C)N(Cc2ccccc2)CC1. The number of hydrogen-bond acceptors (Lipinski definition) is 3. The first-order valence-electron chi connectivity index (χ1n) is 8.11. The maximum absolute atomic E-state index is 12.2. The van der Waals surface area contributed by atoms with E-state index in [1.807, 2.05) is 11.0 Å². The Morgan fingerprint density at radius 2 is 1.91 bits per heavy atom. The fraction of sp³-hybridized carbons (Fsp3) is 0.529. The van der Waals surface area contributed by atoms with Gasteiger partial charge < -0.3 is 15.5 Å². The van der Waals surface area contributed by atoms with Crippen molar-refractivity contribution in [3.63, 3.8) is 0 Å². The zero-order valence-electron chi connectivity index (χ0n) is 13.9. The van der Waals surface area contributed by atoms with Gasteiger partial charge in [0.25, 0.3) is 0 Å². The second kappa shape index (κ2) is 8.53. The third-order valence-corrected chi connectivity index (χ3v) is 4.31. The summed E-state index contributed by atoms with van der Waals surface area (Å²) in [5.41, 5.74) is 1.29. The highest BCUT2D eigenvalue weighted by Gasteiger charge is 2.23. The summed E-state index contributed by atoms with van der Waals surface area (Å²) in [6.45, 7) is 5.45. The molecule has 0 radical (unpaired) electrons. The Labute approximate surface area is 137 Å². The average molecular weight is 318 g/mol. The molecule has 2 N–H and O–H groups in total. The maximum atomic E-state index is 12.2. The predicted octanol–water partition coefficient (Wildman–Crippen LogP) is 1.04. The summed E-state index contributed by atoms with van der Waals surface area (Å²) < 4.78 is 0. The summed E-state index contributed by atoms with van der Waals surface area (Å²) in [7, 11) is 1.54. The molecule has 1 aliphatic rings. The van der Waals surface area contributed by atoms with E-state index in [-0.39, 0.29) is 18.5 Å². The molecule has 23 heavy (non-hydrogen) atoms. The van der Waals surface area contributed by atoms with Gasteiger partial charge in [0.1, 0.15) is 0 Å². The Bertz CT molecular complexity index is 521. The summed E-state index contributed by atoms with van der Waals surface area (Å²) in [6.07, 6.45) is 0.943. The summed E-state index contributed by atoms with van der Waals surface area (Å²) in [6, 6.07) is 10.5. The third-order valence-electron chi connectivity index (χ3n) is 4.31. The first kappa shape index (κ1) is 17.3. The van der Waals surface area contributed by atoms with Crippen molar-refractivity contribution < 1.29 is 9.59 Å². The largest absolute Gasteiger partial charge is 0.341 e. The summed E-state index contributed by atoms with van der Waals surface area (Å²) in [4.78, 5) is 27.6. The van der Waals surface area contributed by atoms with E-state index in [2.05, 4.69) is 46.7 Å². The van der Waals surface area contributed by atoms with E-state index in [9.17, 15) is 9.59 Å². The van der Waals surface area contributed by atoms with E-state index in [0.717, 1.165) is 26.1 Å². The number of rotatable bonds is 4. The van der Waals surface area contributed by atoms with Crippen molar-refractivity contribution in [1.29, 1.82) is 0 Å². The molecule has 1 aromatic rings. The summed E-state index contributed by atoms with van der Waals surface area (Å²) in [5.74, 6) is -0.0256. The lowest BCUT2D eigenvalue weighted by Gasteiger charge is -2.26. The molecule has 0 bridgehead atoms. The number of amides is 3.